The fourth-order valence-corrected chi connectivity index (χ4v) is 1.81. The van der Waals surface area contributed by atoms with E-state index in [0.29, 0.717) is 29.6 Å². The van der Waals surface area contributed by atoms with Crippen LogP contribution in [0.1, 0.15) is 0 Å². The Labute approximate surface area is 126 Å². The maximum Gasteiger partial charge on any atom is 0.203 e. The van der Waals surface area contributed by atoms with Crippen LogP contribution in [0.15, 0.2) is 12.1 Å². The molecule has 1 aromatic rings. The Morgan fingerprint density at radius 3 is 2.05 bits per heavy atom. The van der Waals surface area contributed by atoms with Crippen molar-refractivity contribution in [3.8, 4) is 23.0 Å². The molecule has 0 amide bonds. The SMILES string of the molecule is COc1cc(OCCNCCN(C)C)cc(OC)c1OC. The summed E-state index contributed by atoms with van der Waals surface area (Å²) in [5, 5.41) is 3.31. The summed E-state index contributed by atoms with van der Waals surface area (Å²) >= 11 is 0. The Bertz CT molecular complexity index is 399. The summed E-state index contributed by atoms with van der Waals surface area (Å²) in [5.41, 5.74) is 0. The number of nitrogens with zero attached hydrogens (tertiary/aromatic N) is 1. The van der Waals surface area contributed by atoms with Crippen molar-refractivity contribution in [2.45, 2.75) is 0 Å². The van der Waals surface area contributed by atoms with Crippen LogP contribution in [0.5, 0.6) is 23.0 Å². The molecule has 0 atom stereocenters. The van der Waals surface area contributed by atoms with Crippen LogP contribution in [0.2, 0.25) is 0 Å². The maximum atomic E-state index is 5.71. The second-order valence-electron chi connectivity index (χ2n) is 4.76. The van der Waals surface area contributed by atoms with Crippen LogP contribution in [0.25, 0.3) is 0 Å². The number of benzene rings is 1. The molecule has 0 bridgehead atoms. The monoisotopic (exact) mass is 298 g/mol. The Balaban J connectivity index is 2.51. The molecule has 120 valence electrons. The van der Waals surface area contributed by atoms with Gasteiger partial charge in [0.2, 0.25) is 5.75 Å². The first kappa shape index (κ1) is 17.4. The minimum Gasteiger partial charge on any atom is -0.493 e. The van der Waals surface area contributed by atoms with Gasteiger partial charge >= 0.3 is 0 Å². The van der Waals surface area contributed by atoms with Crippen molar-refractivity contribution in [2.75, 3.05) is 61.7 Å². The molecule has 6 heteroatoms. The number of likely N-dealkylation sites (N-methyl/N-ethyl adjacent to an activating group) is 1. The summed E-state index contributed by atoms with van der Waals surface area (Å²) in [6, 6.07) is 3.59. The normalized spacial score (nSPS) is 10.6. The molecule has 1 N–H and O–H groups in total. The van der Waals surface area contributed by atoms with E-state index in [2.05, 4.69) is 10.2 Å². The third-order valence-electron chi connectivity index (χ3n) is 2.92. The Kier molecular flexibility index (Phi) is 7.71. The number of ether oxygens (including phenoxy) is 4. The van der Waals surface area contributed by atoms with Crippen LogP contribution >= 0.6 is 0 Å². The van der Waals surface area contributed by atoms with Gasteiger partial charge in [-0.25, -0.2) is 0 Å². The zero-order chi connectivity index (χ0) is 15.7. The van der Waals surface area contributed by atoms with Crippen molar-refractivity contribution < 1.29 is 18.9 Å². The van der Waals surface area contributed by atoms with Crippen molar-refractivity contribution >= 4 is 0 Å². The predicted molar refractivity (Wildman–Crippen MR) is 83.0 cm³/mol. The lowest BCUT2D eigenvalue weighted by Crippen LogP contribution is -2.29. The quantitative estimate of drug-likeness (QED) is 0.656. The molecule has 0 heterocycles. The molecule has 1 rings (SSSR count). The van der Waals surface area contributed by atoms with Crippen molar-refractivity contribution in [1.29, 1.82) is 0 Å². The summed E-state index contributed by atoms with van der Waals surface area (Å²) in [6.45, 7) is 3.30. The van der Waals surface area contributed by atoms with Crippen LogP contribution in [0.3, 0.4) is 0 Å². The Hall–Kier alpha value is -1.66. The summed E-state index contributed by atoms with van der Waals surface area (Å²) in [5.74, 6) is 2.44. The Morgan fingerprint density at radius 1 is 0.952 bits per heavy atom. The lowest BCUT2D eigenvalue weighted by Gasteiger charge is -2.15. The first-order chi connectivity index (χ1) is 10.1. The Morgan fingerprint density at radius 2 is 1.57 bits per heavy atom. The zero-order valence-electron chi connectivity index (χ0n) is 13.6. The smallest absolute Gasteiger partial charge is 0.203 e. The van der Waals surface area contributed by atoms with Gasteiger partial charge in [-0.2, -0.15) is 0 Å². The summed E-state index contributed by atoms with van der Waals surface area (Å²) in [7, 11) is 8.85. The van der Waals surface area contributed by atoms with Gasteiger partial charge in [-0.3, -0.25) is 0 Å². The number of methoxy groups -OCH3 is 3. The van der Waals surface area contributed by atoms with Crippen molar-refractivity contribution in [1.82, 2.24) is 10.2 Å². The third kappa shape index (κ3) is 5.69. The van der Waals surface area contributed by atoms with Crippen LogP contribution in [0, 0.1) is 0 Å². The molecule has 0 aromatic heterocycles. The number of rotatable bonds is 10. The fourth-order valence-electron chi connectivity index (χ4n) is 1.81. The maximum absolute atomic E-state index is 5.71. The standard InChI is InChI=1S/C15H26N2O4/c1-17(2)8-6-16-7-9-21-12-10-13(18-3)15(20-5)14(11-12)19-4/h10-11,16H,6-9H2,1-5H3. The molecule has 1 aromatic carbocycles. The molecule has 0 radical (unpaired) electrons. The van der Waals surface area contributed by atoms with E-state index in [0.717, 1.165) is 19.6 Å². The van der Waals surface area contributed by atoms with E-state index in [1.165, 1.54) is 0 Å². The average Bonchev–Trinajstić information content (AvgIpc) is 2.49. The zero-order valence-corrected chi connectivity index (χ0v) is 13.6. The van der Waals surface area contributed by atoms with E-state index in [4.69, 9.17) is 18.9 Å². The lowest BCUT2D eigenvalue weighted by atomic mass is 10.2. The minimum atomic E-state index is 0.566. The van der Waals surface area contributed by atoms with Gasteiger partial charge in [-0.1, -0.05) is 0 Å². The summed E-state index contributed by atoms with van der Waals surface area (Å²) in [4.78, 5) is 2.13. The largest absolute Gasteiger partial charge is 0.493 e. The van der Waals surface area contributed by atoms with E-state index >= 15 is 0 Å². The summed E-state index contributed by atoms with van der Waals surface area (Å²) < 4.78 is 21.5. The highest BCUT2D eigenvalue weighted by Crippen LogP contribution is 2.40. The van der Waals surface area contributed by atoms with Gasteiger partial charge in [0.05, 0.1) is 21.3 Å². The molecule has 0 aliphatic carbocycles. The van der Waals surface area contributed by atoms with Crippen molar-refractivity contribution in [2.24, 2.45) is 0 Å². The van der Waals surface area contributed by atoms with E-state index in [-0.39, 0.29) is 0 Å². The second kappa shape index (κ2) is 9.31. The van der Waals surface area contributed by atoms with Gasteiger partial charge in [0.15, 0.2) is 11.5 Å². The molecule has 0 spiro atoms. The molecule has 6 nitrogen and oxygen atoms in total. The van der Waals surface area contributed by atoms with E-state index in [1.54, 1.807) is 33.5 Å². The molecule has 0 saturated heterocycles. The van der Waals surface area contributed by atoms with Crippen LogP contribution in [-0.4, -0.2) is 66.6 Å². The van der Waals surface area contributed by atoms with E-state index in [9.17, 15) is 0 Å². The molecular weight excluding hydrogens is 272 g/mol. The molecule has 0 unspecified atom stereocenters. The minimum absolute atomic E-state index is 0.566. The van der Waals surface area contributed by atoms with Crippen LogP contribution < -0.4 is 24.3 Å². The highest BCUT2D eigenvalue weighted by molar-refractivity contribution is 5.55. The van der Waals surface area contributed by atoms with Crippen LogP contribution in [-0.2, 0) is 0 Å². The second-order valence-corrected chi connectivity index (χ2v) is 4.76. The highest BCUT2D eigenvalue weighted by atomic mass is 16.5. The highest BCUT2D eigenvalue weighted by Gasteiger charge is 2.13. The van der Waals surface area contributed by atoms with Gasteiger partial charge in [0, 0.05) is 31.8 Å². The molecule has 0 aliphatic heterocycles. The number of nitrogens with one attached hydrogen (secondary N) is 1. The fraction of sp³-hybridized carbons (Fsp3) is 0.600. The van der Waals surface area contributed by atoms with Gasteiger partial charge in [0.1, 0.15) is 12.4 Å². The van der Waals surface area contributed by atoms with Crippen molar-refractivity contribution in [3.63, 3.8) is 0 Å². The lowest BCUT2D eigenvalue weighted by molar-refractivity contribution is 0.294. The molecule has 0 fully saturated rings. The van der Waals surface area contributed by atoms with Crippen molar-refractivity contribution in [3.05, 3.63) is 12.1 Å². The first-order valence-corrected chi connectivity index (χ1v) is 6.90. The predicted octanol–water partition coefficient (Wildman–Crippen LogP) is 1.24. The van der Waals surface area contributed by atoms with Gasteiger partial charge in [0.25, 0.3) is 0 Å². The van der Waals surface area contributed by atoms with Gasteiger partial charge in [-0.05, 0) is 14.1 Å². The molecule has 0 saturated carbocycles. The van der Waals surface area contributed by atoms with Gasteiger partial charge < -0.3 is 29.2 Å². The summed E-state index contributed by atoms with van der Waals surface area (Å²) in [6.07, 6.45) is 0. The number of hydrogen-bond acceptors (Lipinski definition) is 6. The molecule has 0 aliphatic rings. The van der Waals surface area contributed by atoms with E-state index in [1.807, 2.05) is 14.1 Å². The molecule has 21 heavy (non-hydrogen) atoms. The van der Waals surface area contributed by atoms with Gasteiger partial charge in [-0.15, -0.1) is 0 Å². The van der Waals surface area contributed by atoms with Crippen LogP contribution in [0.4, 0.5) is 0 Å². The first-order valence-electron chi connectivity index (χ1n) is 6.90. The number of hydrogen-bond donors (Lipinski definition) is 1. The third-order valence-corrected chi connectivity index (χ3v) is 2.92. The topological polar surface area (TPSA) is 52.2 Å². The average molecular weight is 298 g/mol. The molecular formula is C15H26N2O4. The van der Waals surface area contributed by atoms with E-state index < -0.39 is 0 Å².